The van der Waals surface area contributed by atoms with E-state index in [1.165, 1.54) is 0 Å². The van der Waals surface area contributed by atoms with Gasteiger partial charge in [-0.2, -0.15) is 0 Å². The van der Waals surface area contributed by atoms with E-state index in [2.05, 4.69) is 15.6 Å². The molecular weight excluding hydrogens is 352 g/mol. The second-order valence-corrected chi connectivity index (χ2v) is 6.03. The molecule has 2 aromatic heterocycles. The quantitative estimate of drug-likeness (QED) is 0.766. The van der Waals surface area contributed by atoms with E-state index in [1.54, 1.807) is 30.5 Å². The highest BCUT2D eigenvalue weighted by Crippen LogP contribution is 2.16. The number of hydrogen-bond acceptors (Lipinski definition) is 6. The Morgan fingerprint density at radius 2 is 2.04 bits per heavy atom. The van der Waals surface area contributed by atoms with Gasteiger partial charge in [-0.25, -0.2) is 19.4 Å². The molecule has 0 saturated heterocycles. The van der Waals surface area contributed by atoms with E-state index in [-0.39, 0.29) is 30.2 Å². The van der Waals surface area contributed by atoms with Crippen LogP contribution in [-0.2, 0) is 14.3 Å². The average molecular weight is 372 g/mol. The Bertz CT molecular complexity index is 946. The van der Waals surface area contributed by atoms with Crippen LogP contribution in [0.3, 0.4) is 0 Å². The molecule has 0 saturated carbocycles. The maximum absolute atomic E-state index is 12.4. The number of ether oxygens (including phenoxy) is 2. The van der Waals surface area contributed by atoms with E-state index in [0.717, 1.165) is 5.69 Å². The van der Waals surface area contributed by atoms with Crippen molar-refractivity contribution >= 4 is 23.6 Å². The lowest BCUT2D eigenvalue weighted by Gasteiger charge is -2.26. The highest BCUT2D eigenvalue weighted by Gasteiger charge is 2.30. The molecule has 3 rings (SSSR count). The number of hydrogen-bond donors (Lipinski definition) is 2. The fourth-order valence-corrected chi connectivity index (χ4v) is 2.85. The largest absolute Gasteiger partial charge is 0.463 e. The molecule has 27 heavy (non-hydrogen) atoms. The topological polar surface area (TPSA) is 111 Å². The Balaban J connectivity index is 1.80. The number of urea groups is 1. The van der Waals surface area contributed by atoms with Crippen LogP contribution in [0.4, 0.5) is 4.79 Å². The zero-order chi connectivity index (χ0) is 19.6. The van der Waals surface area contributed by atoms with Crippen molar-refractivity contribution in [1.29, 1.82) is 0 Å². The lowest BCUT2D eigenvalue weighted by molar-refractivity contribution is -0.139. The Morgan fingerprint density at radius 1 is 1.26 bits per heavy atom. The summed E-state index contributed by atoms with van der Waals surface area (Å²) >= 11 is 0. The second-order valence-electron chi connectivity index (χ2n) is 6.03. The predicted molar refractivity (Wildman–Crippen MR) is 95.0 cm³/mol. The Hall–Kier alpha value is -3.36. The highest BCUT2D eigenvalue weighted by molar-refractivity contribution is 5.95. The fraction of sp³-hybridized carbons (Fsp3) is 0.333. The van der Waals surface area contributed by atoms with Crippen molar-refractivity contribution in [2.24, 2.45) is 0 Å². The molecule has 9 heteroatoms. The zero-order valence-electron chi connectivity index (χ0n) is 15.2. The van der Waals surface area contributed by atoms with Gasteiger partial charge in [-0.05, 0) is 32.9 Å². The molecule has 1 unspecified atom stereocenters. The summed E-state index contributed by atoms with van der Waals surface area (Å²) in [6.07, 6.45) is 1.58. The van der Waals surface area contributed by atoms with Gasteiger partial charge in [-0.15, -0.1) is 0 Å². The molecule has 0 aliphatic carbocycles. The first kappa shape index (κ1) is 18.4. The van der Waals surface area contributed by atoms with Crippen LogP contribution >= 0.6 is 0 Å². The number of nitrogens with one attached hydrogen (secondary N) is 2. The third-order valence-electron chi connectivity index (χ3n) is 4.12. The van der Waals surface area contributed by atoms with E-state index in [0.29, 0.717) is 5.65 Å². The maximum Gasteiger partial charge on any atom is 0.358 e. The number of aryl methyl sites for hydroxylation is 1. The Labute approximate surface area is 155 Å². The standard InChI is InChI=1S/C18H20N4O5/c1-4-26-17(24)15-11(3)19-18(25)21-13(15)9-27-16(23)12-8-22-10(2)6-5-7-14(22)20-12/h5-8,11H,4,9H2,1-3H3,(H2,19,21,25). The molecule has 9 nitrogen and oxygen atoms in total. The van der Waals surface area contributed by atoms with E-state index >= 15 is 0 Å². The number of rotatable bonds is 5. The third-order valence-corrected chi connectivity index (χ3v) is 4.12. The molecule has 1 atom stereocenters. The van der Waals surface area contributed by atoms with Gasteiger partial charge in [-0.3, -0.25) is 0 Å². The Morgan fingerprint density at radius 3 is 2.74 bits per heavy atom. The van der Waals surface area contributed by atoms with Crippen LogP contribution in [0, 0.1) is 6.92 Å². The predicted octanol–water partition coefficient (Wildman–Crippen LogP) is 1.32. The monoisotopic (exact) mass is 372 g/mol. The number of imidazole rings is 1. The molecular formula is C18H20N4O5. The second kappa shape index (κ2) is 7.48. The van der Waals surface area contributed by atoms with Crippen molar-refractivity contribution in [2.45, 2.75) is 26.8 Å². The molecule has 1 aliphatic rings. The van der Waals surface area contributed by atoms with Crippen LogP contribution in [0.1, 0.15) is 30.0 Å². The van der Waals surface area contributed by atoms with Crippen LogP contribution in [0.15, 0.2) is 35.7 Å². The minimum Gasteiger partial charge on any atom is -0.463 e. The highest BCUT2D eigenvalue weighted by atomic mass is 16.5. The number of nitrogens with zero attached hydrogens (tertiary/aromatic N) is 2. The SMILES string of the molecule is CCOC(=O)C1=C(COC(=O)c2cn3c(C)cccc3n2)NC(=O)NC1C. The summed E-state index contributed by atoms with van der Waals surface area (Å²) in [7, 11) is 0. The van der Waals surface area contributed by atoms with Gasteiger partial charge in [-0.1, -0.05) is 6.07 Å². The zero-order valence-corrected chi connectivity index (χ0v) is 15.2. The molecule has 2 aromatic rings. The lowest BCUT2D eigenvalue weighted by Crippen LogP contribution is -2.50. The fourth-order valence-electron chi connectivity index (χ4n) is 2.85. The maximum atomic E-state index is 12.4. The summed E-state index contributed by atoms with van der Waals surface area (Å²) in [5, 5.41) is 5.08. The number of aromatic nitrogens is 2. The normalized spacial score (nSPS) is 16.7. The van der Waals surface area contributed by atoms with Crippen LogP contribution in [0.2, 0.25) is 0 Å². The van der Waals surface area contributed by atoms with Crippen molar-refractivity contribution < 1.29 is 23.9 Å². The summed E-state index contributed by atoms with van der Waals surface area (Å²) in [6, 6.07) is 4.47. The summed E-state index contributed by atoms with van der Waals surface area (Å²) in [4.78, 5) is 40.5. The van der Waals surface area contributed by atoms with E-state index in [1.807, 2.05) is 19.1 Å². The molecule has 2 N–H and O–H groups in total. The minimum atomic E-state index is -0.658. The van der Waals surface area contributed by atoms with Crippen molar-refractivity contribution in [2.75, 3.05) is 13.2 Å². The van der Waals surface area contributed by atoms with Crippen LogP contribution in [-0.4, -0.2) is 46.6 Å². The molecule has 0 bridgehead atoms. The molecule has 1 aliphatic heterocycles. The summed E-state index contributed by atoms with van der Waals surface area (Å²) in [6.45, 7) is 5.14. The molecule has 0 fully saturated rings. The van der Waals surface area contributed by atoms with E-state index in [4.69, 9.17) is 9.47 Å². The van der Waals surface area contributed by atoms with Gasteiger partial charge in [0.05, 0.1) is 23.9 Å². The molecule has 142 valence electrons. The summed E-state index contributed by atoms with van der Waals surface area (Å²) in [5.41, 5.74) is 2.09. The van der Waals surface area contributed by atoms with Crippen LogP contribution in [0.25, 0.3) is 5.65 Å². The van der Waals surface area contributed by atoms with Crippen LogP contribution in [0.5, 0.6) is 0 Å². The first-order valence-corrected chi connectivity index (χ1v) is 8.50. The van der Waals surface area contributed by atoms with Gasteiger partial charge < -0.3 is 24.5 Å². The summed E-state index contributed by atoms with van der Waals surface area (Å²) < 4.78 is 12.1. The van der Waals surface area contributed by atoms with Crippen molar-refractivity contribution in [3.63, 3.8) is 0 Å². The van der Waals surface area contributed by atoms with Gasteiger partial charge in [0.1, 0.15) is 12.3 Å². The first-order chi connectivity index (χ1) is 12.9. The average Bonchev–Trinajstić information content (AvgIpc) is 3.05. The number of amides is 2. The smallest absolute Gasteiger partial charge is 0.358 e. The third kappa shape index (κ3) is 3.76. The van der Waals surface area contributed by atoms with E-state index in [9.17, 15) is 14.4 Å². The van der Waals surface area contributed by atoms with E-state index < -0.39 is 24.0 Å². The molecule has 0 aromatic carbocycles. The van der Waals surface area contributed by atoms with Gasteiger partial charge in [0.15, 0.2) is 5.69 Å². The van der Waals surface area contributed by atoms with Gasteiger partial charge in [0.25, 0.3) is 0 Å². The minimum absolute atomic E-state index is 0.135. The van der Waals surface area contributed by atoms with Crippen molar-refractivity contribution in [1.82, 2.24) is 20.0 Å². The Kier molecular flexibility index (Phi) is 5.11. The molecule has 0 radical (unpaired) electrons. The number of fused-ring (bicyclic) bond motifs is 1. The number of esters is 2. The number of carbonyl (C=O) groups is 3. The lowest BCUT2D eigenvalue weighted by atomic mass is 10.0. The van der Waals surface area contributed by atoms with Crippen molar-refractivity contribution in [3.05, 3.63) is 47.1 Å². The number of carbonyl (C=O) groups excluding carboxylic acids is 3. The molecule has 2 amide bonds. The number of pyridine rings is 1. The molecule has 0 spiro atoms. The first-order valence-electron chi connectivity index (χ1n) is 8.50. The van der Waals surface area contributed by atoms with Crippen LogP contribution < -0.4 is 10.6 Å². The molecule has 3 heterocycles. The van der Waals surface area contributed by atoms with Gasteiger partial charge in [0.2, 0.25) is 0 Å². The van der Waals surface area contributed by atoms with Gasteiger partial charge in [0, 0.05) is 11.9 Å². The van der Waals surface area contributed by atoms with Gasteiger partial charge >= 0.3 is 18.0 Å². The van der Waals surface area contributed by atoms with Crippen molar-refractivity contribution in [3.8, 4) is 0 Å². The summed E-state index contributed by atoms with van der Waals surface area (Å²) in [5.74, 6) is -1.24.